The Balaban J connectivity index is 1.20. The van der Waals surface area contributed by atoms with E-state index in [-0.39, 0.29) is 5.91 Å². The third-order valence-corrected chi connectivity index (χ3v) is 8.58. The fourth-order valence-corrected chi connectivity index (χ4v) is 6.17. The lowest BCUT2D eigenvalue weighted by Gasteiger charge is -2.43. The lowest BCUT2D eigenvalue weighted by molar-refractivity contribution is -0.137. The maximum absolute atomic E-state index is 13.5. The van der Waals surface area contributed by atoms with Gasteiger partial charge < -0.3 is 15.1 Å². The number of aromatic nitrogens is 2. The van der Waals surface area contributed by atoms with Crippen LogP contribution < -0.4 is 10.2 Å². The van der Waals surface area contributed by atoms with Crippen LogP contribution in [0, 0.1) is 0 Å². The summed E-state index contributed by atoms with van der Waals surface area (Å²) in [5.74, 6) is 0.921. The number of nitrogens with one attached hydrogen (secondary N) is 1. The van der Waals surface area contributed by atoms with Gasteiger partial charge in [-0.2, -0.15) is 24.5 Å². The number of thiophene rings is 1. The number of carbonyl (C=O) groups is 1. The van der Waals surface area contributed by atoms with E-state index in [1.54, 1.807) is 36.0 Å². The molecule has 2 fully saturated rings. The Bertz CT molecular complexity index is 1210. The molecule has 0 bridgehead atoms. The average Bonchev–Trinajstić information content (AvgIpc) is 3.47. The Morgan fingerprint density at radius 1 is 1.05 bits per heavy atom. The summed E-state index contributed by atoms with van der Waals surface area (Å²) in [6.07, 6.45) is 1.90. The van der Waals surface area contributed by atoms with E-state index >= 15 is 0 Å². The molecule has 11 heteroatoms. The topological polar surface area (TPSA) is 64.6 Å². The number of amides is 1. The molecule has 0 radical (unpaired) electrons. The number of nitrogens with zero attached hydrogens (tertiary/aromatic N) is 5. The standard InChI is InChI=1S/C28H33F3N6OS/c29-28(30,31)24-3-1-2-23(16-24)27(21-33-17-22-4-15-39-20-22)5-9-37(10-6-27)26(38)19-35-11-13-36(14-12-35)25-18-32-7-8-34-25/h1-4,7-8,15-16,18,20,33H,5-6,9-14,17,19,21H2. The van der Waals surface area contributed by atoms with Crippen molar-refractivity contribution < 1.29 is 18.0 Å². The van der Waals surface area contributed by atoms with Crippen molar-refractivity contribution in [1.29, 1.82) is 0 Å². The fraction of sp³-hybridized carbons (Fsp3) is 0.464. The van der Waals surface area contributed by atoms with E-state index in [1.165, 1.54) is 12.1 Å². The second kappa shape index (κ2) is 12.0. The molecule has 2 aromatic heterocycles. The lowest BCUT2D eigenvalue weighted by atomic mass is 9.72. The van der Waals surface area contributed by atoms with E-state index in [2.05, 4.69) is 30.5 Å². The molecule has 0 saturated carbocycles. The molecule has 5 rings (SSSR count). The molecule has 7 nitrogen and oxygen atoms in total. The third kappa shape index (κ3) is 6.77. The van der Waals surface area contributed by atoms with Crippen molar-refractivity contribution in [2.45, 2.75) is 31.0 Å². The van der Waals surface area contributed by atoms with Crippen molar-refractivity contribution in [2.24, 2.45) is 0 Å². The third-order valence-electron chi connectivity index (χ3n) is 7.85. The molecule has 4 heterocycles. The number of alkyl halides is 3. The fourth-order valence-electron chi connectivity index (χ4n) is 5.50. The molecule has 2 saturated heterocycles. The van der Waals surface area contributed by atoms with Crippen LogP contribution in [0.3, 0.4) is 0 Å². The van der Waals surface area contributed by atoms with Gasteiger partial charge in [-0.05, 0) is 46.9 Å². The van der Waals surface area contributed by atoms with Crippen molar-refractivity contribution in [3.63, 3.8) is 0 Å². The number of anilines is 1. The average molecular weight is 559 g/mol. The summed E-state index contributed by atoms with van der Waals surface area (Å²) in [4.78, 5) is 27.9. The van der Waals surface area contributed by atoms with Crippen LogP contribution in [0.1, 0.15) is 29.5 Å². The second-order valence-electron chi connectivity index (χ2n) is 10.3. The van der Waals surface area contributed by atoms with Crippen LogP contribution in [0.4, 0.5) is 19.0 Å². The Hall–Kier alpha value is -3.02. The summed E-state index contributed by atoms with van der Waals surface area (Å²) in [5, 5.41) is 7.56. The van der Waals surface area contributed by atoms with Gasteiger partial charge in [0.25, 0.3) is 0 Å². The van der Waals surface area contributed by atoms with Crippen molar-refractivity contribution in [2.75, 3.05) is 57.3 Å². The highest BCUT2D eigenvalue weighted by atomic mass is 32.1. The second-order valence-corrected chi connectivity index (χ2v) is 11.1. The van der Waals surface area contributed by atoms with Crippen LogP contribution in [0.5, 0.6) is 0 Å². The molecule has 0 spiro atoms. The van der Waals surface area contributed by atoms with E-state index in [9.17, 15) is 18.0 Å². The first-order valence-electron chi connectivity index (χ1n) is 13.2. The van der Waals surface area contributed by atoms with Gasteiger partial charge in [0.15, 0.2) is 0 Å². The van der Waals surface area contributed by atoms with Gasteiger partial charge in [-0.25, -0.2) is 4.98 Å². The van der Waals surface area contributed by atoms with E-state index < -0.39 is 17.2 Å². The van der Waals surface area contributed by atoms with Crippen molar-refractivity contribution >= 4 is 23.1 Å². The summed E-state index contributed by atoms with van der Waals surface area (Å²) >= 11 is 1.62. The molecule has 0 atom stereocenters. The van der Waals surface area contributed by atoms with Gasteiger partial charge >= 0.3 is 6.18 Å². The first-order valence-corrected chi connectivity index (χ1v) is 14.2. The number of rotatable bonds is 8. The predicted molar refractivity (Wildman–Crippen MR) is 146 cm³/mol. The van der Waals surface area contributed by atoms with Crippen LogP contribution in [0.15, 0.2) is 59.7 Å². The van der Waals surface area contributed by atoms with Crippen LogP contribution in [0.2, 0.25) is 0 Å². The molecular formula is C28H33F3N6OS. The summed E-state index contributed by atoms with van der Waals surface area (Å²) in [6.45, 7) is 5.68. The Morgan fingerprint density at radius 2 is 1.85 bits per heavy atom. The molecule has 2 aliphatic heterocycles. The maximum atomic E-state index is 13.5. The normalized spacial score (nSPS) is 18.3. The minimum absolute atomic E-state index is 0.0758. The number of likely N-dealkylation sites (tertiary alicyclic amines) is 1. The van der Waals surface area contributed by atoms with Gasteiger partial charge in [0.2, 0.25) is 5.91 Å². The Kier molecular flexibility index (Phi) is 8.49. The molecule has 3 aromatic rings. The predicted octanol–water partition coefficient (Wildman–Crippen LogP) is 4.03. The lowest BCUT2D eigenvalue weighted by Crippen LogP contribution is -2.53. The molecule has 1 amide bonds. The number of hydrogen-bond acceptors (Lipinski definition) is 7. The minimum atomic E-state index is -4.39. The highest BCUT2D eigenvalue weighted by molar-refractivity contribution is 7.07. The van der Waals surface area contributed by atoms with Crippen molar-refractivity contribution in [3.8, 4) is 0 Å². The minimum Gasteiger partial charge on any atom is -0.353 e. The molecule has 39 heavy (non-hydrogen) atoms. The van der Waals surface area contributed by atoms with Crippen molar-refractivity contribution in [1.82, 2.24) is 25.1 Å². The van der Waals surface area contributed by atoms with Gasteiger partial charge in [0.1, 0.15) is 5.82 Å². The zero-order chi connectivity index (χ0) is 27.3. The molecule has 208 valence electrons. The number of halogens is 3. The molecule has 0 unspecified atom stereocenters. The highest BCUT2D eigenvalue weighted by Gasteiger charge is 2.39. The largest absolute Gasteiger partial charge is 0.416 e. The number of carbonyl (C=O) groups excluding carboxylic acids is 1. The molecule has 0 aliphatic carbocycles. The van der Waals surface area contributed by atoms with Crippen LogP contribution in [-0.4, -0.2) is 78.0 Å². The van der Waals surface area contributed by atoms with Gasteiger partial charge in [-0.15, -0.1) is 0 Å². The van der Waals surface area contributed by atoms with Gasteiger partial charge in [-0.1, -0.05) is 18.2 Å². The monoisotopic (exact) mass is 558 g/mol. The quantitative estimate of drug-likeness (QED) is 0.451. The van der Waals surface area contributed by atoms with Gasteiger partial charge in [0.05, 0.1) is 18.3 Å². The van der Waals surface area contributed by atoms with E-state index in [1.807, 2.05) is 16.3 Å². The number of piperazine rings is 1. The first-order chi connectivity index (χ1) is 18.8. The summed E-state index contributed by atoms with van der Waals surface area (Å²) in [5.41, 5.74) is 0.737. The van der Waals surface area contributed by atoms with Crippen LogP contribution in [0.25, 0.3) is 0 Å². The summed E-state index contributed by atoms with van der Waals surface area (Å²) in [7, 11) is 0. The van der Waals surface area contributed by atoms with E-state index in [0.717, 1.165) is 43.6 Å². The first kappa shape index (κ1) is 27.5. The zero-order valence-electron chi connectivity index (χ0n) is 21.7. The van der Waals surface area contributed by atoms with Crippen molar-refractivity contribution in [3.05, 3.63) is 76.4 Å². The van der Waals surface area contributed by atoms with Crippen LogP contribution >= 0.6 is 11.3 Å². The maximum Gasteiger partial charge on any atom is 0.416 e. The Labute approximate surface area is 230 Å². The SMILES string of the molecule is O=C(CN1CCN(c2cnccn2)CC1)N1CCC(CNCc2ccsc2)(c2cccc(C(F)(F)F)c2)CC1. The summed E-state index contributed by atoms with van der Waals surface area (Å²) < 4.78 is 40.6. The number of benzene rings is 1. The number of piperidine rings is 1. The molecule has 1 N–H and O–H groups in total. The van der Waals surface area contributed by atoms with Crippen LogP contribution in [-0.2, 0) is 22.9 Å². The van der Waals surface area contributed by atoms with E-state index in [0.29, 0.717) is 51.1 Å². The Morgan fingerprint density at radius 3 is 2.51 bits per heavy atom. The highest BCUT2D eigenvalue weighted by Crippen LogP contribution is 2.38. The molecule has 2 aliphatic rings. The molecular weight excluding hydrogens is 525 g/mol. The summed E-state index contributed by atoms with van der Waals surface area (Å²) in [6, 6.07) is 7.76. The van der Waals surface area contributed by atoms with Gasteiger partial charge in [0, 0.05) is 70.2 Å². The number of hydrogen-bond donors (Lipinski definition) is 1. The zero-order valence-corrected chi connectivity index (χ0v) is 22.6. The smallest absolute Gasteiger partial charge is 0.353 e. The van der Waals surface area contributed by atoms with E-state index in [4.69, 9.17) is 0 Å². The molecule has 1 aromatic carbocycles. The van der Waals surface area contributed by atoms with Gasteiger partial charge in [-0.3, -0.25) is 14.7 Å².